The van der Waals surface area contributed by atoms with Crippen molar-refractivity contribution in [2.45, 2.75) is 56.7 Å². The van der Waals surface area contributed by atoms with Gasteiger partial charge in [0, 0.05) is 17.1 Å². The first kappa shape index (κ1) is 29.1. The first-order valence-electron chi connectivity index (χ1n) is 11.7. The van der Waals surface area contributed by atoms with Crippen LogP contribution in [0.5, 0.6) is 0 Å². The SMILES string of the molecule is CC(C)(C)OC(=O)NC(C(=O)Nc1ccc(-c2cncc(C(F)(F)F)n2)cn1)c1csc(NS(=O)(=O)C2CC2)n1. The zero-order valence-corrected chi connectivity index (χ0v) is 22.9. The fourth-order valence-electron chi connectivity index (χ4n) is 3.21. The van der Waals surface area contributed by atoms with Gasteiger partial charge in [-0.1, -0.05) is 0 Å². The molecule has 1 atom stereocenters. The second kappa shape index (κ2) is 11.0. The van der Waals surface area contributed by atoms with E-state index >= 15 is 0 Å². The van der Waals surface area contributed by atoms with Crippen LogP contribution in [-0.2, 0) is 25.7 Å². The molecule has 1 saturated carbocycles. The third kappa shape index (κ3) is 7.62. The van der Waals surface area contributed by atoms with Crippen LogP contribution in [0, 0.1) is 0 Å². The molecule has 1 aliphatic carbocycles. The highest BCUT2D eigenvalue weighted by Crippen LogP contribution is 2.32. The van der Waals surface area contributed by atoms with Gasteiger partial charge in [0.1, 0.15) is 11.4 Å². The predicted molar refractivity (Wildman–Crippen MR) is 139 cm³/mol. The van der Waals surface area contributed by atoms with Crippen molar-refractivity contribution in [2.75, 3.05) is 10.0 Å². The summed E-state index contributed by atoms with van der Waals surface area (Å²) in [4.78, 5) is 41.0. The van der Waals surface area contributed by atoms with E-state index in [1.165, 1.54) is 23.7 Å². The molecule has 2 amide bonds. The van der Waals surface area contributed by atoms with Crippen molar-refractivity contribution in [3.05, 3.63) is 47.5 Å². The number of aromatic nitrogens is 4. The van der Waals surface area contributed by atoms with E-state index in [1.807, 2.05) is 0 Å². The van der Waals surface area contributed by atoms with E-state index in [1.54, 1.807) is 20.8 Å². The molecule has 1 fully saturated rings. The molecule has 0 radical (unpaired) electrons. The Labute approximate surface area is 230 Å². The molecule has 0 spiro atoms. The lowest BCUT2D eigenvalue weighted by atomic mass is 10.2. The van der Waals surface area contributed by atoms with Crippen molar-refractivity contribution >= 4 is 44.3 Å². The molecule has 0 aromatic carbocycles. The smallest absolute Gasteiger partial charge is 0.434 e. The van der Waals surface area contributed by atoms with Gasteiger partial charge in [-0.3, -0.25) is 14.5 Å². The van der Waals surface area contributed by atoms with Gasteiger partial charge in [-0.2, -0.15) is 13.2 Å². The molecule has 214 valence electrons. The van der Waals surface area contributed by atoms with Crippen molar-refractivity contribution in [2.24, 2.45) is 0 Å². The Hall–Kier alpha value is -3.86. The molecule has 1 unspecified atom stereocenters. The lowest BCUT2D eigenvalue weighted by molar-refractivity contribution is -0.141. The summed E-state index contributed by atoms with van der Waals surface area (Å²) in [5.41, 5.74) is -1.86. The maximum atomic E-state index is 13.2. The number of sulfonamides is 1. The van der Waals surface area contributed by atoms with Crippen molar-refractivity contribution in [1.82, 2.24) is 25.3 Å². The Kier molecular flexibility index (Phi) is 7.98. The van der Waals surface area contributed by atoms with E-state index in [4.69, 9.17) is 4.74 Å². The van der Waals surface area contributed by atoms with Crippen molar-refractivity contribution in [3.8, 4) is 11.3 Å². The number of rotatable bonds is 8. The minimum absolute atomic E-state index is 0.00885. The Morgan fingerprint density at radius 1 is 1.10 bits per heavy atom. The van der Waals surface area contributed by atoms with Gasteiger partial charge < -0.3 is 15.4 Å². The number of hydrogen-bond acceptors (Lipinski definition) is 10. The highest BCUT2D eigenvalue weighted by Gasteiger charge is 2.37. The molecule has 17 heteroatoms. The normalized spacial score (nSPS) is 14.8. The van der Waals surface area contributed by atoms with Crippen LogP contribution in [0.15, 0.2) is 36.1 Å². The third-order valence-corrected chi connectivity index (χ3v) is 7.90. The summed E-state index contributed by atoms with van der Waals surface area (Å²) >= 11 is 0.934. The van der Waals surface area contributed by atoms with Crippen LogP contribution in [0.4, 0.5) is 28.9 Å². The van der Waals surface area contributed by atoms with E-state index in [0.717, 1.165) is 17.5 Å². The van der Waals surface area contributed by atoms with E-state index < -0.39 is 50.8 Å². The summed E-state index contributed by atoms with van der Waals surface area (Å²) in [6.07, 6.45) is -1.56. The Bertz CT molecular complexity index is 1500. The van der Waals surface area contributed by atoms with Crippen LogP contribution < -0.4 is 15.4 Å². The van der Waals surface area contributed by atoms with E-state index in [2.05, 4.69) is 35.3 Å². The monoisotopic (exact) mass is 599 g/mol. The van der Waals surface area contributed by atoms with Crippen LogP contribution in [0.2, 0.25) is 0 Å². The standard InChI is InChI=1S/C23H24F3N7O5S2/c1-22(2,3)38-21(35)32-18(15-11-39-20(30-15)33-40(36,37)13-5-6-13)19(34)31-17-7-4-12(8-28-17)14-9-27-10-16(29-14)23(24,25)26/h4,7-11,13,18H,5-6H2,1-3H3,(H,30,33)(H,32,35)(H,28,31,34). The maximum Gasteiger partial charge on any atom is 0.434 e. The molecule has 4 rings (SSSR count). The van der Waals surface area contributed by atoms with Crippen molar-refractivity contribution in [3.63, 3.8) is 0 Å². The van der Waals surface area contributed by atoms with Gasteiger partial charge >= 0.3 is 12.3 Å². The van der Waals surface area contributed by atoms with Crippen LogP contribution in [0.25, 0.3) is 11.3 Å². The molecule has 3 aromatic heterocycles. The number of alkyl halides is 3. The average molecular weight is 600 g/mol. The number of alkyl carbamates (subject to hydrolysis) is 1. The van der Waals surface area contributed by atoms with E-state index in [-0.39, 0.29) is 27.9 Å². The highest BCUT2D eigenvalue weighted by molar-refractivity contribution is 7.93. The largest absolute Gasteiger partial charge is 0.444 e. The number of halogens is 3. The maximum absolute atomic E-state index is 13.2. The summed E-state index contributed by atoms with van der Waals surface area (Å²) in [6.45, 7) is 4.90. The van der Waals surface area contributed by atoms with E-state index in [0.29, 0.717) is 19.0 Å². The van der Waals surface area contributed by atoms with Gasteiger partial charge in [0.15, 0.2) is 16.9 Å². The zero-order valence-electron chi connectivity index (χ0n) is 21.3. The number of anilines is 2. The molecule has 3 heterocycles. The van der Waals surface area contributed by atoms with Crippen LogP contribution in [0.3, 0.4) is 0 Å². The molecule has 0 aliphatic heterocycles. The molecule has 12 nitrogen and oxygen atoms in total. The second-order valence-corrected chi connectivity index (χ2v) is 12.5. The summed E-state index contributed by atoms with van der Waals surface area (Å²) in [5, 5.41) is 5.86. The van der Waals surface area contributed by atoms with Gasteiger partial charge in [0.2, 0.25) is 10.0 Å². The predicted octanol–water partition coefficient (Wildman–Crippen LogP) is 4.12. The number of ether oxygens (including phenoxy) is 1. The Morgan fingerprint density at radius 2 is 1.82 bits per heavy atom. The molecular formula is C23H24F3N7O5S2. The summed E-state index contributed by atoms with van der Waals surface area (Å²) in [7, 11) is -3.60. The Morgan fingerprint density at radius 3 is 2.42 bits per heavy atom. The Balaban J connectivity index is 1.52. The number of carbonyl (C=O) groups is 2. The molecule has 3 N–H and O–H groups in total. The third-order valence-electron chi connectivity index (χ3n) is 5.17. The number of nitrogens with one attached hydrogen (secondary N) is 3. The number of pyridine rings is 1. The molecular weight excluding hydrogens is 575 g/mol. The van der Waals surface area contributed by atoms with Crippen LogP contribution >= 0.6 is 11.3 Å². The topological polar surface area (TPSA) is 165 Å². The molecule has 0 saturated heterocycles. The quantitative estimate of drug-likeness (QED) is 0.345. The van der Waals surface area contributed by atoms with Gasteiger partial charge in [0.25, 0.3) is 5.91 Å². The lowest BCUT2D eigenvalue weighted by Gasteiger charge is -2.22. The van der Waals surface area contributed by atoms with Crippen LogP contribution in [0.1, 0.15) is 51.0 Å². The number of nitrogens with zero attached hydrogens (tertiary/aromatic N) is 4. The van der Waals surface area contributed by atoms with E-state index in [9.17, 15) is 31.2 Å². The summed E-state index contributed by atoms with van der Waals surface area (Å²) in [5.74, 6) is -0.776. The molecule has 0 bridgehead atoms. The zero-order chi connectivity index (χ0) is 29.3. The van der Waals surface area contributed by atoms with Gasteiger partial charge in [0.05, 0.1) is 29.0 Å². The number of amides is 2. The number of thiazole rings is 1. The number of carbonyl (C=O) groups excluding carboxylic acids is 2. The minimum Gasteiger partial charge on any atom is -0.444 e. The second-order valence-electron chi connectivity index (χ2n) is 9.71. The lowest BCUT2D eigenvalue weighted by Crippen LogP contribution is -2.40. The van der Waals surface area contributed by atoms with Crippen molar-refractivity contribution < 1.29 is 35.9 Å². The first-order chi connectivity index (χ1) is 18.6. The van der Waals surface area contributed by atoms with Crippen molar-refractivity contribution in [1.29, 1.82) is 0 Å². The minimum atomic E-state index is -4.67. The van der Waals surface area contributed by atoms with Gasteiger partial charge in [-0.15, -0.1) is 11.3 Å². The van der Waals surface area contributed by atoms with Crippen LogP contribution in [-0.4, -0.2) is 51.2 Å². The first-order valence-corrected chi connectivity index (χ1v) is 14.2. The number of hydrogen-bond donors (Lipinski definition) is 3. The summed E-state index contributed by atoms with van der Waals surface area (Å²) in [6, 6.07) is 1.31. The molecule has 40 heavy (non-hydrogen) atoms. The molecule has 1 aliphatic rings. The highest BCUT2D eigenvalue weighted by atomic mass is 32.2. The van der Waals surface area contributed by atoms with Gasteiger partial charge in [-0.05, 0) is 45.7 Å². The average Bonchev–Trinajstić information content (AvgIpc) is 3.63. The molecule has 3 aromatic rings. The fourth-order valence-corrected chi connectivity index (χ4v) is 5.54. The fraction of sp³-hybridized carbons (Fsp3) is 0.391. The van der Waals surface area contributed by atoms with Gasteiger partial charge in [-0.25, -0.2) is 28.2 Å². The summed E-state index contributed by atoms with van der Waals surface area (Å²) < 4.78 is 71.0.